The number of aryl methyl sites for hydroxylation is 1. The van der Waals surface area contributed by atoms with Gasteiger partial charge in [0.15, 0.2) is 0 Å². The third kappa shape index (κ3) is 1.89. The van der Waals surface area contributed by atoms with Gasteiger partial charge < -0.3 is 9.51 Å². The molecule has 2 aromatic heterocycles. The van der Waals surface area contributed by atoms with Crippen LogP contribution in [0.2, 0.25) is 0 Å². The fraction of sp³-hybridized carbons (Fsp3) is 0.143. The molecule has 5 nitrogen and oxygen atoms in total. The van der Waals surface area contributed by atoms with Crippen LogP contribution in [0.4, 0.5) is 5.88 Å². The number of aromatic nitrogens is 2. The highest BCUT2D eigenvalue weighted by Gasteiger charge is 2.16. The van der Waals surface area contributed by atoms with Gasteiger partial charge in [0.1, 0.15) is 0 Å². The summed E-state index contributed by atoms with van der Waals surface area (Å²) in [5.74, 6) is 0.185. The molecular weight excluding hydrogens is 242 g/mol. The molecule has 0 bridgehead atoms. The summed E-state index contributed by atoms with van der Waals surface area (Å²) in [4.78, 5) is 15.3. The van der Waals surface area contributed by atoms with Crippen molar-refractivity contribution < 1.29 is 9.32 Å². The molecule has 5 heteroatoms. The minimum atomic E-state index is -0.211. The van der Waals surface area contributed by atoms with E-state index in [0.717, 1.165) is 22.2 Å². The van der Waals surface area contributed by atoms with E-state index in [2.05, 4.69) is 15.5 Å². The molecule has 0 aliphatic rings. The van der Waals surface area contributed by atoms with Gasteiger partial charge in [-0.3, -0.25) is 10.1 Å². The summed E-state index contributed by atoms with van der Waals surface area (Å²) in [5.41, 5.74) is 3.13. The Bertz CT molecular complexity index is 755. The maximum Gasteiger partial charge on any atom is 0.260 e. The van der Waals surface area contributed by atoms with Crippen molar-refractivity contribution in [2.75, 3.05) is 5.32 Å². The maximum atomic E-state index is 12.2. The van der Waals surface area contributed by atoms with E-state index in [-0.39, 0.29) is 5.91 Å². The molecule has 0 aliphatic heterocycles. The second kappa shape index (κ2) is 4.28. The van der Waals surface area contributed by atoms with Crippen LogP contribution in [-0.2, 0) is 0 Å². The van der Waals surface area contributed by atoms with Gasteiger partial charge in [-0.1, -0.05) is 23.4 Å². The minimum Gasteiger partial charge on any atom is -0.360 e. The van der Waals surface area contributed by atoms with Crippen LogP contribution < -0.4 is 5.32 Å². The Morgan fingerprint density at radius 3 is 2.84 bits per heavy atom. The van der Waals surface area contributed by atoms with E-state index in [1.165, 1.54) is 0 Å². The predicted molar refractivity (Wildman–Crippen MR) is 72.2 cm³/mol. The fourth-order valence-corrected chi connectivity index (χ4v) is 1.96. The predicted octanol–water partition coefficient (Wildman–Crippen LogP) is 3.03. The monoisotopic (exact) mass is 255 g/mol. The number of rotatable bonds is 2. The van der Waals surface area contributed by atoms with Gasteiger partial charge in [-0.05, 0) is 19.9 Å². The van der Waals surface area contributed by atoms with Crippen molar-refractivity contribution in [3.8, 4) is 0 Å². The molecule has 1 aromatic carbocycles. The largest absolute Gasteiger partial charge is 0.360 e. The fourth-order valence-electron chi connectivity index (χ4n) is 1.96. The van der Waals surface area contributed by atoms with Gasteiger partial charge in [-0.2, -0.15) is 0 Å². The highest BCUT2D eigenvalue weighted by Crippen LogP contribution is 2.21. The number of carbonyl (C=O) groups is 1. The SMILES string of the molecule is Cc1noc(NC(=O)c2c[nH]c3ccccc23)c1C. The quantitative estimate of drug-likeness (QED) is 0.739. The van der Waals surface area contributed by atoms with Crippen molar-refractivity contribution in [1.82, 2.24) is 10.1 Å². The van der Waals surface area contributed by atoms with E-state index in [1.807, 2.05) is 38.1 Å². The molecule has 3 aromatic rings. The molecule has 2 heterocycles. The molecule has 96 valence electrons. The molecule has 1 amide bonds. The average molecular weight is 255 g/mol. The summed E-state index contributed by atoms with van der Waals surface area (Å²) in [6.45, 7) is 3.69. The summed E-state index contributed by atoms with van der Waals surface area (Å²) in [5, 5.41) is 7.44. The second-order valence-electron chi connectivity index (χ2n) is 4.42. The molecular formula is C14H13N3O2. The summed E-state index contributed by atoms with van der Waals surface area (Å²) in [7, 11) is 0. The van der Waals surface area contributed by atoms with Crippen molar-refractivity contribution in [3.63, 3.8) is 0 Å². The zero-order valence-corrected chi connectivity index (χ0v) is 10.7. The number of amides is 1. The molecule has 0 saturated heterocycles. The first-order valence-corrected chi connectivity index (χ1v) is 5.97. The van der Waals surface area contributed by atoms with Crippen LogP contribution in [0.3, 0.4) is 0 Å². The molecule has 0 spiro atoms. The number of fused-ring (bicyclic) bond motifs is 1. The van der Waals surface area contributed by atoms with Crippen LogP contribution >= 0.6 is 0 Å². The number of anilines is 1. The first-order valence-electron chi connectivity index (χ1n) is 5.97. The Balaban J connectivity index is 1.94. The Hall–Kier alpha value is -2.56. The van der Waals surface area contributed by atoms with Gasteiger partial charge in [-0.25, -0.2) is 0 Å². The molecule has 2 N–H and O–H groups in total. The van der Waals surface area contributed by atoms with Gasteiger partial charge in [0.25, 0.3) is 5.91 Å². The van der Waals surface area contributed by atoms with E-state index in [0.29, 0.717) is 11.4 Å². The number of H-pyrrole nitrogens is 1. The van der Waals surface area contributed by atoms with E-state index in [9.17, 15) is 4.79 Å². The van der Waals surface area contributed by atoms with Crippen LogP contribution in [0.25, 0.3) is 10.9 Å². The lowest BCUT2D eigenvalue weighted by atomic mass is 10.1. The lowest BCUT2D eigenvalue weighted by Gasteiger charge is -2.00. The standard InChI is InChI=1S/C14H13N3O2/c1-8-9(2)17-19-14(8)16-13(18)11-7-15-12-6-4-3-5-10(11)12/h3-7,15H,1-2H3,(H,16,18). The van der Waals surface area contributed by atoms with E-state index in [1.54, 1.807) is 6.20 Å². The number of aromatic amines is 1. The normalized spacial score (nSPS) is 10.8. The highest BCUT2D eigenvalue weighted by atomic mass is 16.5. The van der Waals surface area contributed by atoms with Crippen LogP contribution in [0, 0.1) is 13.8 Å². The van der Waals surface area contributed by atoms with Crippen molar-refractivity contribution in [1.29, 1.82) is 0 Å². The van der Waals surface area contributed by atoms with Crippen LogP contribution in [0.1, 0.15) is 21.6 Å². The third-order valence-corrected chi connectivity index (χ3v) is 3.22. The molecule has 0 atom stereocenters. The first kappa shape index (κ1) is 11.5. The van der Waals surface area contributed by atoms with Crippen molar-refractivity contribution >= 4 is 22.7 Å². The minimum absolute atomic E-state index is 0.211. The zero-order valence-electron chi connectivity index (χ0n) is 10.7. The van der Waals surface area contributed by atoms with Crippen LogP contribution in [0.15, 0.2) is 35.0 Å². The third-order valence-electron chi connectivity index (χ3n) is 3.22. The number of nitrogens with one attached hydrogen (secondary N) is 2. The summed E-state index contributed by atoms with van der Waals surface area (Å²) >= 11 is 0. The Morgan fingerprint density at radius 1 is 1.32 bits per heavy atom. The van der Waals surface area contributed by atoms with Gasteiger partial charge in [0.05, 0.1) is 11.3 Å². The van der Waals surface area contributed by atoms with Crippen molar-refractivity contribution in [2.24, 2.45) is 0 Å². The van der Waals surface area contributed by atoms with Crippen molar-refractivity contribution in [3.05, 3.63) is 47.3 Å². The summed E-state index contributed by atoms with van der Waals surface area (Å²) < 4.78 is 5.08. The second-order valence-corrected chi connectivity index (χ2v) is 4.42. The topological polar surface area (TPSA) is 70.9 Å². The Kier molecular flexibility index (Phi) is 2.59. The molecule has 0 saturated carbocycles. The van der Waals surface area contributed by atoms with Crippen LogP contribution in [0.5, 0.6) is 0 Å². The molecule has 0 aliphatic carbocycles. The Labute approximate surface area is 109 Å². The number of benzene rings is 1. The molecule has 0 radical (unpaired) electrons. The zero-order chi connectivity index (χ0) is 13.4. The maximum absolute atomic E-state index is 12.2. The number of hydrogen-bond acceptors (Lipinski definition) is 3. The van der Waals surface area contributed by atoms with E-state index in [4.69, 9.17) is 4.52 Å². The summed E-state index contributed by atoms with van der Waals surface area (Å²) in [6.07, 6.45) is 1.69. The van der Waals surface area contributed by atoms with Gasteiger partial charge in [0, 0.05) is 22.7 Å². The lowest BCUT2D eigenvalue weighted by molar-refractivity contribution is 0.102. The molecule has 0 unspecified atom stereocenters. The number of carbonyl (C=O) groups excluding carboxylic acids is 1. The summed E-state index contributed by atoms with van der Waals surface area (Å²) in [6, 6.07) is 7.65. The Morgan fingerprint density at radius 2 is 2.11 bits per heavy atom. The van der Waals surface area contributed by atoms with E-state index >= 15 is 0 Å². The lowest BCUT2D eigenvalue weighted by Crippen LogP contribution is -2.11. The number of para-hydroxylation sites is 1. The van der Waals surface area contributed by atoms with Gasteiger partial charge in [0.2, 0.25) is 5.88 Å². The molecule has 19 heavy (non-hydrogen) atoms. The first-order chi connectivity index (χ1) is 9.16. The van der Waals surface area contributed by atoms with Crippen LogP contribution in [-0.4, -0.2) is 16.0 Å². The van der Waals surface area contributed by atoms with Gasteiger partial charge >= 0.3 is 0 Å². The smallest absolute Gasteiger partial charge is 0.260 e. The number of nitrogens with zero attached hydrogens (tertiary/aromatic N) is 1. The molecule has 0 fully saturated rings. The average Bonchev–Trinajstić information content (AvgIpc) is 2.97. The van der Waals surface area contributed by atoms with Gasteiger partial charge in [-0.15, -0.1) is 0 Å². The number of hydrogen-bond donors (Lipinski definition) is 2. The van der Waals surface area contributed by atoms with E-state index < -0.39 is 0 Å². The molecule has 3 rings (SSSR count). The van der Waals surface area contributed by atoms with Crippen molar-refractivity contribution in [2.45, 2.75) is 13.8 Å². The highest BCUT2D eigenvalue weighted by molar-refractivity contribution is 6.12.